The zero-order chi connectivity index (χ0) is 9.68. The lowest BCUT2D eigenvalue weighted by atomic mass is 10.3. The SMILES string of the molecule is CN1CCN(CCN=[N+]=[N-])CC1=O. The van der Waals surface area contributed by atoms with Crippen LogP contribution in [0, 0.1) is 0 Å². The summed E-state index contributed by atoms with van der Waals surface area (Å²) >= 11 is 0. The molecule has 0 aliphatic carbocycles. The van der Waals surface area contributed by atoms with E-state index in [1.807, 2.05) is 4.90 Å². The van der Waals surface area contributed by atoms with Gasteiger partial charge in [0.1, 0.15) is 0 Å². The Labute approximate surface area is 76.7 Å². The number of likely N-dealkylation sites (N-methyl/N-ethyl adjacent to an activating group) is 1. The van der Waals surface area contributed by atoms with Crippen LogP contribution in [0.1, 0.15) is 0 Å². The van der Waals surface area contributed by atoms with Gasteiger partial charge in [0.25, 0.3) is 0 Å². The first-order valence-corrected chi connectivity index (χ1v) is 4.21. The van der Waals surface area contributed by atoms with E-state index in [4.69, 9.17) is 5.53 Å². The highest BCUT2D eigenvalue weighted by atomic mass is 16.2. The van der Waals surface area contributed by atoms with E-state index >= 15 is 0 Å². The van der Waals surface area contributed by atoms with Crippen molar-refractivity contribution < 1.29 is 4.79 Å². The minimum absolute atomic E-state index is 0.132. The maximum Gasteiger partial charge on any atom is 0.236 e. The van der Waals surface area contributed by atoms with Gasteiger partial charge in [0.05, 0.1) is 6.54 Å². The molecule has 0 unspecified atom stereocenters. The maximum absolute atomic E-state index is 11.2. The van der Waals surface area contributed by atoms with Crippen LogP contribution in [0.5, 0.6) is 0 Å². The van der Waals surface area contributed by atoms with Crippen molar-refractivity contribution in [1.82, 2.24) is 9.80 Å². The third-order valence-corrected chi connectivity index (χ3v) is 2.12. The molecule has 1 fully saturated rings. The molecule has 13 heavy (non-hydrogen) atoms. The number of amides is 1. The van der Waals surface area contributed by atoms with Crippen molar-refractivity contribution in [3.05, 3.63) is 10.4 Å². The standard InChI is InChI=1S/C7H13N5O/c1-11-4-5-12(6-7(11)13)3-2-9-10-8/h2-6H2,1H3. The molecule has 6 nitrogen and oxygen atoms in total. The Balaban J connectivity index is 2.29. The first-order chi connectivity index (χ1) is 6.24. The van der Waals surface area contributed by atoms with Gasteiger partial charge in [0, 0.05) is 38.1 Å². The van der Waals surface area contributed by atoms with Gasteiger partial charge in [-0.25, -0.2) is 0 Å². The van der Waals surface area contributed by atoms with Crippen LogP contribution in [0.2, 0.25) is 0 Å². The number of nitrogens with zero attached hydrogens (tertiary/aromatic N) is 5. The maximum atomic E-state index is 11.2. The lowest BCUT2D eigenvalue weighted by Gasteiger charge is -2.31. The van der Waals surface area contributed by atoms with E-state index in [1.165, 1.54) is 0 Å². The largest absolute Gasteiger partial charge is 0.343 e. The fourth-order valence-electron chi connectivity index (χ4n) is 1.23. The van der Waals surface area contributed by atoms with Crippen molar-refractivity contribution in [2.45, 2.75) is 0 Å². The van der Waals surface area contributed by atoms with Gasteiger partial charge in [-0.15, -0.1) is 0 Å². The third kappa shape index (κ3) is 2.93. The minimum atomic E-state index is 0.132. The molecular weight excluding hydrogens is 170 g/mol. The van der Waals surface area contributed by atoms with Crippen LogP contribution in [0.4, 0.5) is 0 Å². The zero-order valence-corrected chi connectivity index (χ0v) is 7.68. The molecule has 1 aliphatic heterocycles. The molecule has 1 saturated heterocycles. The molecule has 0 aromatic heterocycles. The number of piperazine rings is 1. The highest BCUT2D eigenvalue weighted by Crippen LogP contribution is 1.99. The van der Waals surface area contributed by atoms with Crippen molar-refractivity contribution >= 4 is 5.91 Å². The van der Waals surface area contributed by atoms with Gasteiger partial charge in [0.15, 0.2) is 0 Å². The van der Waals surface area contributed by atoms with Crippen molar-refractivity contribution in [2.75, 3.05) is 39.8 Å². The smallest absolute Gasteiger partial charge is 0.236 e. The second-order valence-corrected chi connectivity index (χ2v) is 3.05. The normalized spacial score (nSPS) is 18.5. The highest BCUT2D eigenvalue weighted by Gasteiger charge is 2.19. The van der Waals surface area contributed by atoms with Gasteiger partial charge in [-0.05, 0) is 5.53 Å². The summed E-state index contributed by atoms with van der Waals surface area (Å²) in [6.07, 6.45) is 0. The summed E-state index contributed by atoms with van der Waals surface area (Å²) in [4.78, 5) is 17.6. The van der Waals surface area contributed by atoms with Crippen molar-refractivity contribution in [3.63, 3.8) is 0 Å². The summed E-state index contributed by atoms with van der Waals surface area (Å²) in [6, 6.07) is 0. The predicted molar refractivity (Wildman–Crippen MR) is 48.1 cm³/mol. The molecular formula is C7H13N5O. The summed E-state index contributed by atoms with van der Waals surface area (Å²) in [7, 11) is 1.80. The Morgan fingerprint density at radius 2 is 2.38 bits per heavy atom. The van der Waals surface area contributed by atoms with Gasteiger partial charge < -0.3 is 4.90 Å². The van der Waals surface area contributed by atoms with E-state index < -0.39 is 0 Å². The number of rotatable bonds is 3. The van der Waals surface area contributed by atoms with Gasteiger partial charge in [-0.3, -0.25) is 9.69 Å². The molecule has 0 saturated carbocycles. The van der Waals surface area contributed by atoms with E-state index in [-0.39, 0.29) is 5.91 Å². The lowest BCUT2D eigenvalue weighted by molar-refractivity contribution is -0.134. The van der Waals surface area contributed by atoms with Crippen molar-refractivity contribution in [3.8, 4) is 0 Å². The monoisotopic (exact) mass is 183 g/mol. The molecule has 0 radical (unpaired) electrons. The number of carbonyl (C=O) groups is 1. The van der Waals surface area contributed by atoms with Gasteiger partial charge in [-0.2, -0.15) is 0 Å². The summed E-state index contributed by atoms with van der Waals surface area (Å²) in [5.74, 6) is 0.132. The second kappa shape index (κ2) is 4.69. The van der Waals surface area contributed by atoms with Crippen LogP contribution in [0.15, 0.2) is 5.11 Å². The fraction of sp³-hybridized carbons (Fsp3) is 0.857. The van der Waals surface area contributed by atoms with E-state index in [9.17, 15) is 4.79 Å². The van der Waals surface area contributed by atoms with Crippen molar-refractivity contribution in [1.29, 1.82) is 0 Å². The van der Waals surface area contributed by atoms with Gasteiger partial charge >= 0.3 is 0 Å². The fourth-order valence-corrected chi connectivity index (χ4v) is 1.23. The average molecular weight is 183 g/mol. The molecule has 0 aromatic rings. The van der Waals surface area contributed by atoms with Crippen LogP contribution in [-0.2, 0) is 4.79 Å². The molecule has 0 bridgehead atoms. The summed E-state index contributed by atoms with van der Waals surface area (Å²) in [6.45, 7) is 3.17. The second-order valence-electron chi connectivity index (χ2n) is 3.05. The topological polar surface area (TPSA) is 72.3 Å². The van der Waals surface area contributed by atoms with E-state index in [2.05, 4.69) is 10.0 Å². The average Bonchev–Trinajstić information content (AvgIpc) is 2.12. The summed E-state index contributed by atoms with van der Waals surface area (Å²) < 4.78 is 0. The molecule has 0 spiro atoms. The van der Waals surface area contributed by atoms with Gasteiger partial charge in [0.2, 0.25) is 5.91 Å². The third-order valence-electron chi connectivity index (χ3n) is 2.12. The Hall–Kier alpha value is -1.26. The molecule has 1 amide bonds. The van der Waals surface area contributed by atoms with Crippen LogP contribution < -0.4 is 0 Å². The Morgan fingerprint density at radius 1 is 1.62 bits per heavy atom. The van der Waals surface area contributed by atoms with Crippen LogP contribution in [0.3, 0.4) is 0 Å². The molecule has 72 valence electrons. The van der Waals surface area contributed by atoms with Gasteiger partial charge in [-0.1, -0.05) is 5.11 Å². The first kappa shape index (κ1) is 9.83. The molecule has 0 atom stereocenters. The van der Waals surface area contributed by atoms with E-state index in [1.54, 1.807) is 11.9 Å². The molecule has 6 heteroatoms. The minimum Gasteiger partial charge on any atom is -0.343 e. The molecule has 0 N–H and O–H groups in total. The number of hydrogen-bond donors (Lipinski definition) is 0. The first-order valence-electron chi connectivity index (χ1n) is 4.21. The molecule has 1 heterocycles. The van der Waals surface area contributed by atoms with Crippen LogP contribution in [-0.4, -0.2) is 55.5 Å². The molecule has 0 aromatic carbocycles. The highest BCUT2D eigenvalue weighted by molar-refractivity contribution is 5.78. The summed E-state index contributed by atoms with van der Waals surface area (Å²) in [5, 5.41) is 3.42. The van der Waals surface area contributed by atoms with E-state index in [0.29, 0.717) is 19.6 Å². The summed E-state index contributed by atoms with van der Waals surface area (Å²) in [5.41, 5.74) is 8.05. The zero-order valence-electron chi connectivity index (χ0n) is 7.68. The number of azide groups is 1. The van der Waals surface area contributed by atoms with Crippen LogP contribution in [0.25, 0.3) is 10.4 Å². The van der Waals surface area contributed by atoms with E-state index in [0.717, 1.165) is 13.1 Å². The Bertz CT molecular complexity index is 235. The Morgan fingerprint density at radius 3 is 3.00 bits per heavy atom. The quantitative estimate of drug-likeness (QED) is 0.353. The Kier molecular flexibility index (Phi) is 3.54. The van der Waals surface area contributed by atoms with Crippen molar-refractivity contribution in [2.24, 2.45) is 5.11 Å². The molecule has 1 rings (SSSR count). The number of hydrogen-bond acceptors (Lipinski definition) is 3. The lowest BCUT2D eigenvalue weighted by Crippen LogP contribution is -2.49. The molecule has 1 aliphatic rings. The predicted octanol–water partition coefficient (Wildman–Crippen LogP) is 0.0707. The number of carbonyl (C=O) groups excluding carboxylic acids is 1. The van der Waals surface area contributed by atoms with Crippen LogP contribution >= 0.6 is 0 Å².